The molecule has 1 aromatic heterocycles. The molecule has 3 aromatic rings. The monoisotopic (exact) mass is 401 g/mol. The van der Waals surface area contributed by atoms with Gasteiger partial charge in [-0.25, -0.2) is 9.48 Å². The van der Waals surface area contributed by atoms with Crippen LogP contribution in [0.25, 0.3) is 11.8 Å². The second-order valence-corrected chi connectivity index (χ2v) is 7.39. The molecule has 6 heteroatoms. The number of hydrogen-bond donors (Lipinski definition) is 1. The molecule has 4 rings (SSSR count). The number of nitrogens with zero attached hydrogens (tertiary/aromatic N) is 4. The van der Waals surface area contributed by atoms with Crippen molar-refractivity contribution in [1.82, 2.24) is 24.9 Å². The van der Waals surface area contributed by atoms with E-state index in [4.69, 9.17) is 0 Å². The van der Waals surface area contributed by atoms with Crippen LogP contribution in [-0.4, -0.2) is 58.3 Å². The molecule has 0 radical (unpaired) electrons. The first-order valence-electron chi connectivity index (χ1n) is 10.3. The van der Waals surface area contributed by atoms with Crippen LogP contribution in [0.5, 0.6) is 0 Å². The third-order valence-electron chi connectivity index (χ3n) is 5.23. The van der Waals surface area contributed by atoms with Crippen molar-refractivity contribution in [3.8, 4) is 5.69 Å². The lowest BCUT2D eigenvalue weighted by molar-refractivity contribution is 0.146. The van der Waals surface area contributed by atoms with Gasteiger partial charge in [0.15, 0.2) is 0 Å². The highest BCUT2D eigenvalue weighted by atomic mass is 16.2. The summed E-state index contributed by atoms with van der Waals surface area (Å²) < 4.78 is 1.82. The van der Waals surface area contributed by atoms with Crippen molar-refractivity contribution in [2.75, 3.05) is 32.7 Å². The molecular weight excluding hydrogens is 374 g/mol. The van der Waals surface area contributed by atoms with E-state index in [1.165, 1.54) is 5.56 Å². The van der Waals surface area contributed by atoms with Crippen LogP contribution < -0.4 is 5.32 Å². The summed E-state index contributed by atoms with van der Waals surface area (Å²) in [6.07, 6.45) is 8.08. The lowest BCUT2D eigenvalue weighted by Gasteiger charge is -2.34. The van der Waals surface area contributed by atoms with Crippen LogP contribution in [0.1, 0.15) is 11.1 Å². The van der Waals surface area contributed by atoms with E-state index < -0.39 is 0 Å². The van der Waals surface area contributed by atoms with Gasteiger partial charge in [0, 0.05) is 51.0 Å². The summed E-state index contributed by atoms with van der Waals surface area (Å²) in [5.74, 6) is 0. The van der Waals surface area contributed by atoms with Crippen LogP contribution in [0.3, 0.4) is 0 Å². The Morgan fingerprint density at radius 1 is 0.967 bits per heavy atom. The zero-order valence-electron chi connectivity index (χ0n) is 17.0. The van der Waals surface area contributed by atoms with Crippen molar-refractivity contribution in [2.45, 2.75) is 6.54 Å². The largest absolute Gasteiger partial charge is 0.334 e. The predicted octanol–water partition coefficient (Wildman–Crippen LogP) is 3.41. The van der Waals surface area contributed by atoms with Crippen molar-refractivity contribution in [1.29, 1.82) is 0 Å². The third kappa shape index (κ3) is 5.36. The summed E-state index contributed by atoms with van der Waals surface area (Å²) >= 11 is 0. The van der Waals surface area contributed by atoms with Gasteiger partial charge < -0.3 is 10.2 Å². The van der Waals surface area contributed by atoms with Crippen molar-refractivity contribution in [3.05, 3.63) is 90.3 Å². The van der Waals surface area contributed by atoms with Crippen LogP contribution in [0.4, 0.5) is 4.79 Å². The van der Waals surface area contributed by atoms with Gasteiger partial charge in [-0.15, -0.1) is 0 Å². The van der Waals surface area contributed by atoms with Gasteiger partial charge in [0.25, 0.3) is 0 Å². The van der Waals surface area contributed by atoms with E-state index in [1.54, 1.807) is 6.20 Å². The topological polar surface area (TPSA) is 53.4 Å². The Balaban J connectivity index is 1.19. The summed E-state index contributed by atoms with van der Waals surface area (Å²) in [6.45, 7) is 4.65. The molecule has 1 aliphatic heterocycles. The SMILES string of the molecule is O=C(NCc1cnn(-c2ccccc2)c1)N1CCN(C/C=C/c2ccccc2)CC1. The van der Waals surface area contributed by atoms with Gasteiger partial charge in [0.2, 0.25) is 0 Å². The van der Waals surface area contributed by atoms with E-state index in [9.17, 15) is 4.79 Å². The van der Waals surface area contributed by atoms with Gasteiger partial charge >= 0.3 is 6.03 Å². The first-order chi connectivity index (χ1) is 14.8. The Morgan fingerprint density at radius 2 is 1.67 bits per heavy atom. The van der Waals surface area contributed by atoms with E-state index in [0.717, 1.165) is 44.0 Å². The number of rotatable bonds is 6. The predicted molar refractivity (Wildman–Crippen MR) is 119 cm³/mol. The van der Waals surface area contributed by atoms with Gasteiger partial charge in [-0.3, -0.25) is 4.90 Å². The van der Waals surface area contributed by atoms with E-state index in [-0.39, 0.29) is 6.03 Å². The van der Waals surface area contributed by atoms with Gasteiger partial charge in [-0.1, -0.05) is 60.7 Å². The molecular formula is C24H27N5O. The molecule has 1 saturated heterocycles. The molecule has 2 amide bonds. The Hall–Kier alpha value is -3.38. The molecule has 0 aliphatic carbocycles. The van der Waals surface area contributed by atoms with Crippen LogP contribution in [0.15, 0.2) is 79.1 Å². The van der Waals surface area contributed by atoms with Crippen LogP contribution in [-0.2, 0) is 6.54 Å². The van der Waals surface area contributed by atoms with Crippen LogP contribution in [0, 0.1) is 0 Å². The second kappa shape index (κ2) is 9.89. The number of urea groups is 1. The van der Waals surface area contributed by atoms with Crippen molar-refractivity contribution in [3.63, 3.8) is 0 Å². The number of para-hydroxylation sites is 1. The van der Waals surface area contributed by atoms with Crippen LogP contribution >= 0.6 is 0 Å². The fourth-order valence-electron chi connectivity index (χ4n) is 3.50. The van der Waals surface area contributed by atoms with Gasteiger partial charge in [0.1, 0.15) is 0 Å². The minimum atomic E-state index is -0.0121. The normalized spacial score (nSPS) is 14.9. The quantitative estimate of drug-likeness (QED) is 0.689. The van der Waals surface area contributed by atoms with Crippen molar-refractivity contribution in [2.24, 2.45) is 0 Å². The van der Waals surface area contributed by atoms with Gasteiger partial charge in [-0.2, -0.15) is 5.10 Å². The number of carbonyl (C=O) groups excluding carboxylic acids is 1. The number of nitrogens with one attached hydrogen (secondary N) is 1. The highest BCUT2D eigenvalue weighted by Gasteiger charge is 2.20. The minimum absolute atomic E-state index is 0.0121. The Morgan fingerprint density at radius 3 is 2.40 bits per heavy atom. The molecule has 30 heavy (non-hydrogen) atoms. The molecule has 154 valence electrons. The molecule has 0 atom stereocenters. The second-order valence-electron chi connectivity index (χ2n) is 7.39. The maximum Gasteiger partial charge on any atom is 0.317 e. The molecule has 2 heterocycles. The standard InChI is InChI=1S/C24H27N5O/c30-24(25-18-22-19-26-29(20-22)23-11-5-2-6-12-23)28-16-14-27(15-17-28)13-7-10-21-8-3-1-4-9-21/h1-12,19-20H,13-18H2,(H,25,30)/b10-7+. The molecule has 6 nitrogen and oxygen atoms in total. The van der Waals surface area contributed by atoms with E-state index >= 15 is 0 Å². The highest BCUT2D eigenvalue weighted by Crippen LogP contribution is 2.08. The average molecular weight is 402 g/mol. The Bertz CT molecular complexity index is 960. The highest BCUT2D eigenvalue weighted by molar-refractivity contribution is 5.74. The molecule has 0 unspecified atom stereocenters. The average Bonchev–Trinajstić information content (AvgIpc) is 3.28. The molecule has 0 bridgehead atoms. The molecule has 1 fully saturated rings. The first kappa shape index (κ1) is 19.9. The maximum absolute atomic E-state index is 12.5. The lowest BCUT2D eigenvalue weighted by Crippen LogP contribution is -2.51. The fourth-order valence-corrected chi connectivity index (χ4v) is 3.50. The molecule has 0 saturated carbocycles. The number of carbonyl (C=O) groups is 1. The number of benzene rings is 2. The molecule has 2 aromatic carbocycles. The summed E-state index contributed by atoms with van der Waals surface area (Å²) in [7, 11) is 0. The minimum Gasteiger partial charge on any atom is -0.334 e. The van der Waals surface area contributed by atoms with Gasteiger partial charge in [0.05, 0.1) is 11.9 Å². The van der Waals surface area contributed by atoms with Crippen molar-refractivity contribution >= 4 is 12.1 Å². The number of aromatic nitrogens is 2. The molecule has 1 N–H and O–H groups in total. The number of hydrogen-bond acceptors (Lipinski definition) is 3. The zero-order valence-corrected chi connectivity index (χ0v) is 17.0. The summed E-state index contributed by atoms with van der Waals surface area (Å²) in [4.78, 5) is 16.8. The lowest BCUT2D eigenvalue weighted by atomic mass is 10.2. The molecule has 0 spiro atoms. The van der Waals surface area contributed by atoms with E-state index in [2.05, 4.69) is 39.6 Å². The first-order valence-corrected chi connectivity index (χ1v) is 10.3. The fraction of sp³-hybridized carbons (Fsp3) is 0.250. The Kier molecular flexibility index (Phi) is 6.57. The summed E-state index contributed by atoms with van der Waals surface area (Å²) in [6, 6.07) is 20.3. The summed E-state index contributed by atoms with van der Waals surface area (Å²) in [5, 5.41) is 7.39. The van der Waals surface area contributed by atoms with E-state index in [1.807, 2.05) is 64.3 Å². The maximum atomic E-state index is 12.5. The van der Waals surface area contributed by atoms with Crippen molar-refractivity contribution < 1.29 is 4.79 Å². The third-order valence-corrected chi connectivity index (χ3v) is 5.23. The number of piperazine rings is 1. The Labute approximate surface area is 177 Å². The zero-order chi connectivity index (χ0) is 20.6. The smallest absolute Gasteiger partial charge is 0.317 e. The van der Waals surface area contributed by atoms with E-state index in [0.29, 0.717) is 6.54 Å². The summed E-state index contributed by atoms with van der Waals surface area (Å²) in [5.41, 5.74) is 3.20. The molecule has 1 aliphatic rings. The van der Waals surface area contributed by atoms with Gasteiger partial charge in [-0.05, 0) is 17.7 Å². The number of amides is 2. The van der Waals surface area contributed by atoms with Crippen LogP contribution in [0.2, 0.25) is 0 Å².